The Morgan fingerprint density at radius 2 is 2.03 bits per heavy atom. The molecule has 8 nitrogen and oxygen atoms in total. The standard InChI is InChI=1S/C24H18N6O2S/c1-30-20(21-17(9-25)14-4-2-3-5-19(14)33-21)18(10-27-30)13-6-7-15-16(8-13)22(28-29-23(15)31)24(26)11-32-12-24/h2-8,10H,11-12,26H2,1H3,(H,29,31). The highest BCUT2D eigenvalue weighted by molar-refractivity contribution is 7.22. The van der Waals surface area contributed by atoms with E-state index in [9.17, 15) is 10.1 Å². The van der Waals surface area contributed by atoms with Gasteiger partial charge in [0.2, 0.25) is 0 Å². The number of aryl methyl sites for hydroxylation is 1. The highest BCUT2D eigenvalue weighted by Crippen LogP contribution is 2.42. The highest BCUT2D eigenvalue weighted by atomic mass is 32.1. The molecule has 2 aromatic carbocycles. The van der Waals surface area contributed by atoms with Gasteiger partial charge in [-0.05, 0) is 23.8 Å². The Kier molecular flexibility index (Phi) is 4.25. The molecule has 0 spiro atoms. The molecule has 1 aliphatic rings. The minimum atomic E-state index is -0.738. The van der Waals surface area contributed by atoms with Crippen LogP contribution in [0.4, 0.5) is 0 Å². The van der Waals surface area contributed by atoms with Crippen molar-refractivity contribution in [2.75, 3.05) is 13.2 Å². The maximum atomic E-state index is 12.4. The SMILES string of the molecule is Cn1ncc(-c2ccc3c(=O)[nH]nc(C4(N)COC4)c3c2)c1-c1sc2ccccc2c1C#N. The Hall–Kier alpha value is -3.84. The third kappa shape index (κ3) is 2.85. The fourth-order valence-electron chi connectivity index (χ4n) is 4.41. The van der Waals surface area contributed by atoms with E-state index in [1.54, 1.807) is 28.3 Å². The van der Waals surface area contributed by atoms with Gasteiger partial charge in [-0.3, -0.25) is 9.48 Å². The van der Waals surface area contributed by atoms with Crippen LogP contribution in [0.15, 0.2) is 53.5 Å². The molecule has 1 saturated heterocycles. The Labute approximate surface area is 191 Å². The molecule has 0 aliphatic carbocycles. The Bertz CT molecular complexity index is 1670. The lowest BCUT2D eigenvalue weighted by Gasteiger charge is -2.37. The van der Waals surface area contributed by atoms with Crippen LogP contribution in [-0.2, 0) is 17.3 Å². The van der Waals surface area contributed by atoms with Gasteiger partial charge in [0.05, 0.1) is 46.6 Å². The molecule has 6 rings (SSSR count). The summed E-state index contributed by atoms with van der Waals surface area (Å²) >= 11 is 1.57. The first-order valence-electron chi connectivity index (χ1n) is 10.3. The van der Waals surface area contributed by atoms with Crippen LogP contribution in [0.3, 0.4) is 0 Å². The fourth-order valence-corrected chi connectivity index (χ4v) is 5.66. The van der Waals surface area contributed by atoms with Gasteiger partial charge in [0.25, 0.3) is 5.56 Å². The summed E-state index contributed by atoms with van der Waals surface area (Å²) in [5, 5.41) is 23.4. The van der Waals surface area contributed by atoms with Gasteiger partial charge >= 0.3 is 0 Å². The lowest BCUT2D eigenvalue weighted by Crippen LogP contribution is -2.55. The number of benzene rings is 2. The topological polar surface area (TPSA) is 123 Å². The van der Waals surface area contributed by atoms with Crippen LogP contribution in [-0.4, -0.2) is 33.2 Å². The zero-order valence-electron chi connectivity index (χ0n) is 17.6. The molecule has 3 N–H and O–H groups in total. The quantitative estimate of drug-likeness (QED) is 0.431. The number of nitrogens with two attached hydrogens (primary N) is 1. The van der Waals surface area contributed by atoms with E-state index in [4.69, 9.17) is 10.5 Å². The van der Waals surface area contributed by atoms with E-state index in [0.717, 1.165) is 31.8 Å². The molecular formula is C24H18N6O2S. The van der Waals surface area contributed by atoms with E-state index < -0.39 is 5.54 Å². The zero-order chi connectivity index (χ0) is 22.7. The van der Waals surface area contributed by atoms with E-state index in [0.29, 0.717) is 35.2 Å². The first-order chi connectivity index (χ1) is 16.0. The Morgan fingerprint density at radius 3 is 2.79 bits per heavy atom. The van der Waals surface area contributed by atoms with Crippen LogP contribution in [0.25, 0.3) is 42.6 Å². The maximum absolute atomic E-state index is 12.4. The van der Waals surface area contributed by atoms with E-state index in [-0.39, 0.29) is 5.56 Å². The first kappa shape index (κ1) is 19.8. The van der Waals surface area contributed by atoms with E-state index in [2.05, 4.69) is 21.4 Å². The van der Waals surface area contributed by atoms with Crippen molar-refractivity contribution in [3.05, 3.63) is 70.3 Å². The predicted molar refractivity (Wildman–Crippen MR) is 127 cm³/mol. The number of hydrogen-bond acceptors (Lipinski definition) is 7. The number of aromatic amines is 1. The molecule has 0 radical (unpaired) electrons. The number of rotatable bonds is 3. The summed E-state index contributed by atoms with van der Waals surface area (Å²) in [7, 11) is 1.86. The molecule has 4 heterocycles. The number of hydrogen-bond donors (Lipinski definition) is 2. The van der Waals surface area contributed by atoms with Crippen molar-refractivity contribution in [3.63, 3.8) is 0 Å². The molecule has 1 aliphatic heterocycles. The molecule has 162 valence electrons. The van der Waals surface area contributed by atoms with E-state index >= 15 is 0 Å². The molecule has 33 heavy (non-hydrogen) atoms. The molecular weight excluding hydrogens is 436 g/mol. The minimum absolute atomic E-state index is 0.271. The maximum Gasteiger partial charge on any atom is 0.272 e. The lowest BCUT2D eigenvalue weighted by atomic mass is 9.89. The summed E-state index contributed by atoms with van der Waals surface area (Å²) in [6, 6.07) is 15.9. The van der Waals surface area contributed by atoms with Crippen molar-refractivity contribution in [2.45, 2.75) is 5.54 Å². The van der Waals surface area contributed by atoms with Crippen molar-refractivity contribution in [3.8, 4) is 27.8 Å². The number of fused-ring (bicyclic) bond motifs is 2. The van der Waals surface area contributed by atoms with Crippen LogP contribution in [0.5, 0.6) is 0 Å². The van der Waals surface area contributed by atoms with E-state index in [1.165, 1.54) is 0 Å². The van der Waals surface area contributed by atoms with Gasteiger partial charge in [0, 0.05) is 28.1 Å². The number of H-pyrrole nitrogens is 1. The van der Waals surface area contributed by atoms with E-state index in [1.807, 2.05) is 43.4 Å². The number of aromatic nitrogens is 4. The van der Waals surface area contributed by atoms with Crippen molar-refractivity contribution < 1.29 is 4.74 Å². The summed E-state index contributed by atoms with van der Waals surface area (Å²) in [5.74, 6) is 0. The van der Waals surface area contributed by atoms with Crippen LogP contribution in [0.1, 0.15) is 11.3 Å². The predicted octanol–water partition coefficient (Wildman–Crippen LogP) is 3.26. The van der Waals surface area contributed by atoms with Crippen molar-refractivity contribution in [1.82, 2.24) is 20.0 Å². The van der Waals surface area contributed by atoms with Gasteiger partial charge in [-0.2, -0.15) is 15.5 Å². The van der Waals surface area contributed by atoms with Gasteiger partial charge in [-0.15, -0.1) is 11.3 Å². The Morgan fingerprint density at radius 1 is 1.21 bits per heavy atom. The number of thiophene rings is 1. The molecule has 5 aromatic rings. The summed E-state index contributed by atoms with van der Waals surface area (Å²) < 4.78 is 8.15. The average molecular weight is 455 g/mol. The smallest absolute Gasteiger partial charge is 0.272 e. The summed E-state index contributed by atoms with van der Waals surface area (Å²) in [5.41, 5.74) is 9.28. The van der Waals surface area contributed by atoms with Crippen molar-refractivity contribution in [2.24, 2.45) is 12.8 Å². The summed E-state index contributed by atoms with van der Waals surface area (Å²) in [4.78, 5) is 13.3. The fraction of sp³-hybridized carbons (Fsp3) is 0.167. The second-order valence-electron chi connectivity index (χ2n) is 8.26. The molecule has 9 heteroatoms. The second-order valence-corrected chi connectivity index (χ2v) is 9.31. The molecule has 1 fully saturated rings. The van der Waals surface area contributed by atoms with Gasteiger partial charge in [-0.25, -0.2) is 5.10 Å². The summed E-state index contributed by atoms with van der Waals surface area (Å²) in [6.07, 6.45) is 1.78. The molecule has 0 bridgehead atoms. The second kappa shape index (κ2) is 7.08. The number of nitrogens with zero attached hydrogens (tertiary/aromatic N) is 4. The zero-order valence-corrected chi connectivity index (χ0v) is 18.4. The largest absolute Gasteiger partial charge is 0.377 e. The first-order valence-corrected chi connectivity index (χ1v) is 11.2. The average Bonchev–Trinajstić information content (AvgIpc) is 3.37. The third-order valence-electron chi connectivity index (χ3n) is 6.15. The third-order valence-corrected chi connectivity index (χ3v) is 7.33. The molecule has 0 atom stereocenters. The number of ether oxygens (including phenoxy) is 1. The highest BCUT2D eigenvalue weighted by Gasteiger charge is 2.39. The number of nitriles is 1. The molecule has 0 amide bonds. The summed E-state index contributed by atoms with van der Waals surface area (Å²) in [6.45, 7) is 0.688. The van der Waals surface area contributed by atoms with Gasteiger partial charge in [-0.1, -0.05) is 24.3 Å². The van der Waals surface area contributed by atoms with Gasteiger partial charge in [0.15, 0.2) is 0 Å². The van der Waals surface area contributed by atoms with Crippen molar-refractivity contribution in [1.29, 1.82) is 5.26 Å². The number of nitrogens with one attached hydrogen (secondary N) is 1. The normalized spacial score (nSPS) is 14.9. The lowest BCUT2D eigenvalue weighted by molar-refractivity contribution is -0.0586. The van der Waals surface area contributed by atoms with Crippen LogP contribution in [0, 0.1) is 11.3 Å². The van der Waals surface area contributed by atoms with Crippen molar-refractivity contribution >= 4 is 32.2 Å². The Balaban J connectivity index is 1.60. The minimum Gasteiger partial charge on any atom is -0.377 e. The van der Waals surface area contributed by atoms with Gasteiger partial charge in [0.1, 0.15) is 11.6 Å². The molecule has 3 aromatic heterocycles. The monoisotopic (exact) mass is 454 g/mol. The van der Waals surface area contributed by atoms with Gasteiger partial charge < -0.3 is 10.5 Å². The van der Waals surface area contributed by atoms with Crippen LogP contribution < -0.4 is 11.3 Å². The molecule has 0 saturated carbocycles. The molecule has 0 unspecified atom stereocenters. The van der Waals surface area contributed by atoms with Crippen LogP contribution in [0.2, 0.25) is 0 Å². The van der Waals surface area contributed by atoms with Crippen LogP contribution >= 0.6 is 11.3 Å².